The van der Waals surface area contributed by atoms with Gasteiger partial charge in [0.05, 0.1) is 6.54 Å². The van der Waals surface area contributed by atoms with E-state index < -0.39 is 24.6 Å². The molecule has 0 aliphatic carbocycles. The third kappa shape index (κ3) is 5.27. The second-order valence-corrected chi connectivity index (χ2v) is 5.04. The lowest BCUT2D eigenvalue weighted by Gasteiger charge is -2.19. The molecule has 22 heavy (non-hydrogen) atoms. The Morgan fingerprint density at radius 3 is 2.14 bits per heavy atom. The highest BCUT2D eigenvalue weighted by atomic mass is 19.4. The Morgan fingerprint density at radius 2 is 1.64 bits per heavy atom. The van der Waals surface area contributed by atoms with E-state index >= 15 is 0 Å². The second kappa shape index (κ2) is 7.56. The fourth-order valence-electron chi connectivity index (χ4n) is 1.80. The summed E-state index contributed by atoms with van der Waals surface area (Å²) in [6.07, 6.45) is -1.69. The first kappa shape index (κ1) is 18.4. The van der Waals surface area contributed by atoms with Crippen LogP contribution in [0.25, 0.3) is 0 Å². The number of carbonyl (C=O) groups is 1. The van der Waals surface area contributed by atoms with Crippen molar-refractivity contribution >= 4 is 5.91 Å². The topological polar surface area (TPSA) is 29.1 Å². The van der Waals surface area contributed by atoms with Crippen molar-refractivity contribution in [2.75, 3.05) is 6.54 Å². The highest BCUT2D eigenvalue weighted by Gasteiger charge is 2.57. The first-order valence-corrected chi connectivity index (χ1v) is 6.99. The number of alkyl halides is 5. The molecule has 0 atom stereocenters. The Balaban J connectivity index is 2.56. The smallest absolute Gasteiger partial charge is 0.346 e. The molecule has 0 radical (unpaired) electrons. The number of hydrogen-bond acceptors (Lipinski definition) is 1. The molecule has 1 aromatic rings. The third-order valence-electron chi connectivity index (χ3n) is 3.17. The van der Waals surface area contributed by atoms with Gasteiger partial charge >= 0.3 is 12.1 Å². The van der Waals surface area contributed by atoms with Crippen LogP contribution >= 0.6 is 0 Å². The molecular weight excluding hydrogens is 305 g/mol. The number of unbranched alkanes of at least 4 members (excludes halogenated alkanes) is 2. The van der Waals surface area contributed by atoms with E-state index in [1.807, 2.05) is 0 Å². The first-order chi connectivity index (χ1) is 10.2. The van der Waals surface area contributed by atoms with Gasteiger partial charge in [-0.3, -0.25) is 4.79 Å². The summed E-state index contributed by atoms with van der Waals surface area (Å²) in [5, 5.41) is 1.61. The van der Waals surface area contributed by atoms with Crippen molar-refractivity contribution in [1.29, 1.82) is 0 Å². The monoisotopic (exact) mass is 323 g/mol. The first-order valence-electron chi connectivity index (χ1n) is 6.99. The Kier molecular flexibility index (Phi) is 6.32. The minimum absolute atomic E-state index is 0.0530. The molecule has 0 bridgehead atoms. The lowest BCUT2D eigenvalue weighted by atomic mass is 10.1. The number of halogens is 5. The largest absolute Gasteiger partial charge is 0.455 e. The number of hydrogen-bond donors (Lipinski definition) is 1. The Labute approximate surface area is 125 Å². The predicted octanol–water partition coefficient (Wildman–Crippen LogP) is 4.35. The van der Waals surface area contributed by atoms with Crippen LogP contribution in [0, 0.1) is 0 Å². The van der Waals surface area contributed by atoms with Gasteiger partial charge in [-0.15, -0.1) is 0 Å². The third-order valence-corrected chi connectivity index (χ3v) is 3.17. The molecule has 1 N–H and O–H groups in total. The van der Waals surface area contributed by atoms with Gasteiger partial charge in [-0.25, -0.2) is 0 Å². The molecule has 0 unspecified atom stereocenters. The second-order valence-electron chi connectivity index (χ2n) is 5.04. The lowest BCUT2D eigenvalue weighted by molar-refractivity contribution is -0.278. The van der Waals surface area contributed by atoms with E-state index in [2.05, 4.69) is 6.92 Å². The fourth-order valence-corrected chi connectivity index (χ4v) is 1.80. The summed E-state index contributed by atoms with van der Waals surface area (Å²) < 4.78 is 61.4. The van der Waals surface area contributed by atoms with Crippen LogP contribution in [0.15, 0.2) is 24.3 Å². The summed E-state index contributed by atoms with van der Waals surface area (Å²) in [6, 6.07) is 6.18. The van der Waals surface area contributed by atoms with Crippen molar-refractivity contribution in [3.63, 3.8) is 0 Å². The average Bonchev–Trinajstić information content (AvgIpc) is 2.44. The maximum absolute atomic E-state index is 12.7. The quantitative estimate of drug-likeness (QED) is 0.587. The molecule has 0 aliphatic heterocycles. The van der Waals surface area contributed by atoms with E-state index in [4.69, 9.17) is 0 Å². The van der Waals surface area contributed by atoms with Gasteiger partial charge in [-0.05, 0) is 30.5 Å². The van der Waals surface area contributed by atoms with Gasteiger partial charge in [0.2, 0.25) is 0 Å². The summed E-state index contributed by atoms with van der Waals surface area (Å²) in [6.45, 7) is 0.303. The predicted molar refractivity (Wildman–Crippen MR) is 73.0 cm³/mol. The van der Waals surface area contributed by atoms with Crippen LogP contribution in [0.1, 0.15) is 42.1 Å². The van der Waals surface area contributed by atoms with Crippen molar-refractivity contribution < 1.29 is 26.7 Å². The maximum atomic E-state index is 12.7. The van der Waals surface area contributed by atoms with Gasteiger partial charge in [0, 0.05) is 5.56 Å². The van der Waals surface area contributed by atoms with Crippen LogP contribution in [-0.2, 0) is 6.42 Å². The highest BCUT2D eigenvalue weighted by Crippen LogP contribution is 2.34. The van der Waals surface area contributed by atoms with Crippen LogP contribution in [0.3, 0.4) is 0 Å². The van der Waals surface area contributed by atoms with Gasteiger partial charge in [0.1, 0.15) is 0 Å². The molecule has 1 amide bonds. The van der Waals surface area contributed by atoms with Crippen molar-refractivity contribution in [1.82, 2.24) is 5.32 Å². The molecule has 7 heteroatoms. The summed E-state index contributed by atoms with van der Waals surface area (Å²) >= 11 is 0. The zero-order chi connectivity index (χ0) is 16.8. The number of aryl methyl sites for hydroxylation is 1. The molecule has 2 nitrogen and oxygen atoms in total. The van der Waals surface area contributed by atoms with Crippen LogP contribution < -0.4 is 5.32 Å². The van der Waals surface area contributed by atoms with Gasteiger partial charge in [-0.1, -0.05) is 31.9 Å². The van der Waals surface area contributed by atoms with E-state index in [-0.39, 0.29) is 5.56 Å². The Bertz CT molecular complexity index is 482. The van der Waals surface area contributed by atoms with Crippen LogP contribution in [0.4, 0.5) is 22.0 Å². The minimum Gasteiger partial charge on any atom is -0.346 e. The molecule has 1 rings (SSSR count). The van der Waals surface area contributed by atoms with Crippen LogP contribution in [0.2, 0.25) is 0 Å². The minimum atomic E-state index is -5.68. The van der Waals surface area contributed by atoms with E-state index in [1.165, 1.54) is 12.1 Å². The number of nitrogens with one attached hydrogen (secondary N) is 1. The molecule has 1 aromatic carbocycles. The van der Waals surface area contributed by atoms with Gasteiger partial charge in [0.15, 0.2) is 0 Å². The normalized spacial score (nSPS) is 12.3. The zero-order valence-corrected chi connectivity index (χ0v) is 12.1. The standard InChI is InChI=1S/C15H18F5NO/c1-2-3-4-5-11-6-8-12(9-7-11)13(22)21-10-14(16,17)15(18,19)20/h6-9H,2-5,10H2,1H3,(H,21,22). The SMILES string of the molecule is CCCCCc1ccc(C(=O)NCC(F)(F)C(F)(F)F)cc1. The van der Waals surface area contributed by atoms with Crippen molar-refractivity contribution in [3.8, 4) is 0 Å². The van der Waals surface area contributed by atoms with Gasteiger partial charge < -0.3 is 5.32 Å². The number of amides is 1. The van der Waals surface area contributed by atoms with Crippen molar-refractivity contribution in [3.05, 3.63) is 35.4 Å². The van der Waals surface area contributed by atoms with E-state index in [0.29, 0.717) is 0 Å². The molecule has 0 spiro atoms. The van der Waals surface area contributed by atoms with Gasteiger partial charge in [0.25, 0.3) is 5.91 Å². The molecule has 0 saturated carbocycles. The molecule has 0 heterocycles. The zero-order valence-electron chi connectivity index (χ0n) is 12.1. The van der Waals surface area contributed by atoms with Crippen molar-refractivity contribution in [2.24, 2.45) is 0 Å². The summed E-state index contributed by atoms with van der Waals surface area (Å²) in [5.74, 6) is -5.90. The van der Waals surface area contributed by atoms with Crippen LogP contribution in [-0.4, -0.2) is 24.6 Å². The lowest BCUT2D eigenvalue weighted by Crippen LogP contribution is -2.46. The fraction of sp³-hybridized carbons (Fsp3) is 0.533. The summed E-state index contributed by atoms with van der Waals surface area (Å²) in [7, 11) is 0. The Hall–Kier alpha value is -1.66. The average molecular weight is 323 g/mol. The number of rotatable bonds is 7. The molecule has 0 aliphatic rings. The molecule has 0 fully saturated rings. The number of carbonyl (C=O) groups excluding carboxylic acids is 1. The van der Waals surface area contributed by atoms with Gasteiger partial charge in [-0.2, -0.15) is 22.0 Å². The molecule has 0 saturated heterocycles. The summed E-state index contributed by atoms with van der Waals surface area (Å²) in [5.41, 5.74) is 1.04. The Morgan fingerprint density at radius 1 is 1.05 bits per heavy atom. The number of benzene rings is 1. The van der Waals surface area contributed by atoms with Crippen molar-refractivity contribution in [2.45, 2.75) is 44.7 Å². The molecule has 0 aromatic heterocycles. The molecule has 124 valence electrons. The van der Waals surface area contributed by atoms with E-state index in [0.717, 1.165) is 31.2 Å². The van der Waals surface area contributed by atoms with E-state index in [9.17, 15) is 26.7 Å². The highest BCUT2D eigenvalue weighted by molar-refractivity contribution is 5.94. The molecular formula is C15H18F5NO. The van der Waals surface area contributed by atoms with Crippen LogP contribution in [0.5, 0.6) is 0 Å². The maximum Gasteiger partial charge on any atom is 0.455 e. The summed E-state index contributed by atoms with van der Waals surface area (Å²) in [4.78, 5) is 11.6. The van der Waals surface area contributed by atoms with E-state index in [1.54, 1.807) is 17.4 Å².